The first-order valence-electron chi connectivity index (χ1n) is 5.40. The van der Waals surface area contributed by atoms with Gasteiger partial charge >= 0.3 is 5.97 Å². The summed E-state index contributed by atoms with van der Waals surface area (Å²) in [6, 6.07) is 0. The van der Waals surface area contributed by atoms with Crippen LogP contribution in [0.5, 0.6) is 0 Å². The number of carboxylic acids is 1. The van der Waals surface area contributed by atoms with Crippen molar-refractivity contribution in [1.29, 1.82) is 0 Å². The van der Waals surface area contributed by atoms with Gasteiger partial charge in [0.05, 0.1) is 5.75 Å². The predicted molar refractivity (Wildman–Crippen MR) is 68.5 cm³/mol. The van der Waals surface area contributed by atoms with E-state index in [1.54, 1.807) is 10.8 Å². The molecule has 0 saturated carbocycles. The summed E-state index contributed by atoms with van der Waals surface area (Å²) in [6.45, 7) is 5.99. The molecule has 3 N–H and O–H groups in total. The molecule has 0 fully saturated rings. The normalized spacial score (nSPS) is 11.5. The highest BCUT2D eigenvalue weighted by atomic mass is 32.2. The number of primary amides is 1. The number of aliphatic carboxylic acids is 1. The number of hydrogen-bond acceptors (Lipinski definition) is 4. The maximum atomic E-state index is 11.1. The quantitative estimate of drug-likeness (QED) is 0.773. The second-order valence-corrected chi connectivity index (χ2v) is 5.85. The van der Waals surface area contributed by atoms with E-state index < -0.39 is 11.9 Å². The maximum Gasteiger partial charge on any atom is 0.313 e. The number of aromatic nitrogens is 2. The zero-order valence-corrected chi connectivity index (χ0v) is 11.5. The first-order chi connectivity index (χ1) is 8.21. The predicted octanol–water partition coefficient (Wildman–Crippen LogP) is 0.843. The van der Waals surface area contributed by atoms with Gasteiger partial charge in [0.15, 0.2) is 5.16 Å². The summed E-state index contributed by atoms with van der Waals surface area (Å²) in [6.07, 6.45) is 1.66. The van der Waals surface area contributed by atoms with Crippen LogP contribution in [-0.4, -0.2) is 32.3 Å². The second kappa shape index (κ2) is 5.43. The fourth-order valence-electron chi connectivity index (χ4n) is 1.51. The summed E-state index contributed by atoms with van der Waals surface area (Å²) in [5.41, 5.74) is 5.87. The molecular formula is C11H17N3O3S. The molecule has 1 aromatic heterocycles. The molecule has 0 aliphatic heterocycles. The lowest BCUT2D eigenvalue weighted by atomic mass is 9.92. The number of carbonyl (C=O) groups excluding carboxylic acids is 1. The highest BCUT2D eigenvalue weighted by Crippen LogP contribution is 2.27. The van der Waals surface area contributed by atoms with Crippen LogP contribution in [0.25, 0.3) is 0 Å². The molecule has 1 aromatic rings. The Hall–Kier alpha value is -1.50. The first kappa shape index (κ1) is 14.6. The number of hydrogen-bond donors (Lipinski definition) is 2. The van der Waals surface area contributed by atoms with Crippen LogP contribution < -0.4 is 5.73 Å². The van der Waals surface area contributed by atoms with Gasteiger partial charge in [0.1, 0.15) is 6.54 Å². The molecule has 100 valence electrons. The van der Waals surface area contributed by atoms with Crippen LogP contribution in [0.2, 0.25) is 0 Å². The molecule has 7 heteroatoms. The van der Waals surface area contributed by atoms with Gasteiger partial charge in [-0.25, -0.2) is 4.98 Å². The van der Waals surface area contributed by atoms with E-state index in [2.05, 4.69) is 4.98 Å². The number of amides is 1. The summed E-state index contributed by atoms with van der Waals surface area (Å²) >= 11 is 1.08. The number of nitrogens with zero attached hydrogens (tertiary/aromatic N) is 2. The van der Waals surface area contributed by atoms with Gasteiger partial charge in [0.25, 0.3) is 0 Å². The van der Waals surface area contributed by atoms with Gasteiger partial charge in [-0.3, -0.25) is 9.59 Å². The Labute approximate surface area is 110 Å². The Kier molecular flexibility index (Phi) is 4.39. The molecule has 1 amide bonds. The lowest BCUT2D eigenvalue weighted by molar-refractivity contribution is -0.133. The fraction of sp³-hybridized carbons (Fsp3) is 0.545. The van der Waals surface area contributed by atoms with E-state index in [0.717, 1.165) is 17.5 Å². The SMILES string of the molecule is CC(C)(C)c1cnc(SCC(=O)O)n1CC(N)=O. The average Bonchev–Trinajstić information content (AvgIpc) is 2.56. The molecule has 0 radical (unpaired) electrons. The molecule has 6 nitrogen and oxygen atoms in total. The number of carbonyl (C=O) groups is 2. The average molecular weight is 271 g/mol. The Bertz CT molecular complexity index is 463. The van der Waals surface area contributed by atoms with E-state index in [4.69, 9.17) is 10.8 Å². The van der Waals surface area contributed by atoms with Gasteiger partial charge in [-0.15, -0.1) is 0 Å². The second-order valence-electron chi connectivity index (χ2n) is 4.91. The van der Waals surface area contributed by atoms with Gasteiger partial charge in [0, 0.05) is 17.3 Å². The highest BCUT2D eigenvalue weighted by molar-refractivity contribution is 7.99. The van der Waals surface area contributed by atoms with Crippen molar-refractivity contribution in [1.82, 2.24) is 9.55 Å². The van der Waals surface area contributed by atoms with E-state index in [1.807, 2.05) is 20.8 Å². The summed E-state index contributed by atoms with van der Waals surface area (Å²) < 4.78 is 1.68. The van der Waals surface area contributed by atoms with Crippen molar-refractivity contribution < 1.29 is 14.7 Å². The molecule has 0 atom stereocenters. The Balaban J connectivity index is 3.07. The van der Waals surface area contributed by atoms with Crippen molar-refractivity contribution in [2.24, 2.45) is 5.73 Å². The molecule has 0 aliphatic carbocycles. The number of carboxylic acid groups (broad SMARTS) is 1. The zero-order valence-electron chi connectivity index (χ0n) is 10.6. The summed E-state index contributed by atoms with van der Waals surface area (Å²) in [5, 5.41) is 9.17. The van der Waals surface area contributed by atoms with Gasteiger partial charge in [0.2, 0.25) is 5.91 Å². The highest BCUT2D eigenvalue weighted by Gasteiger charge is 2.22. The van der Waals surface area contributed by atoms with E-state index in [9.17, 15) is 9.59 Å². The third kappa shape index (κ3) is 3.76. The smallest absolute Gasteiger partial charge is 0.313 e. The summed E-state index contributed by atoms with van der Waals surface area (Å²) in [7, 11) is 0. The van der Waals surface area contributed by atoms with Crippen molar-refractivity contribution in [3.05, 3.63) is 11.9 Å². The number of rotatable bonds is 5. The van der Waals surface area contributed by atoms with Crippen LogP contribution in [0.4, 0.5) is 0 Å². The topological polar surface area (TPSA) is 98.2 Å². The van der Waals surface area contributed by atoms with E-state index in [1.165, 1.54) is 0 Å². The largest absolute Gasteiger partial charge is 0.481 e. The van der Waals surface area contributed by atoms with Crippen molar-refractivity contribution in [3.63, 3.8) is 0 Å². The molecule has 0 saturated heterocycles. The van der Waals surface area contributed by atoms with Gasteiger partial charge in [-0.05, 0) is 0 Å². The number of thioether (sulfide) groups is 1. The summed E-state index contributed by atoms with van der Waals surface area (Å²) in [5.74, 6) is -1.50. The molecule has 0 aliphatic rings. The van der Waals surface area contributed by atoms with E-state index in [0.29, 0.717) is 5.16 Å². The maximum absolute atomic E-state index is 11.1. The van der Waals surface area contributed by atoms with E-state index >= 15 is 0 Å². The Morgan fingerprint density at radius 1 is 1.50 bits per heavy atom. The van der Waals surface area contributed by atoms with Crippen LogP contribution in [0, 0.1) is 0 Å². The molecule has 0 aromatic carbocycles. The zero-order chi connectivity index (χ0) is 13.9. The molecule has 18 heavy (non-hydrogen) atoms. The monoisotopic (exact) mass is 271 g/mol. The lowest BCUT2D eigenvalue weighted by Crippen LogP contribution is -2.25. The lowest BCUT2D eigenvalue weighted by Gasteiger charge is -2.20. The Morgan fingerprint density at radius 3 is 2.56 bits per heavy atom. The summed E-state index contributed by atoms with van der Waals surface area (Å²) in [4.78, 5) is 25.8. The fourth-order valence-corrected chi connectivity index (χ4v) is 2.21. The van der Waals surface area contributed by atoms with Crippen molar-refractivity contribution in [2.75, 3.05) is 5.75 Å². The van der Waals surface area contributed by atoms with Gasteiger partial charge in [-0.2, -0.15) is 0 Å². The third-order valence-electron chi connectivity index (χ3n) is 2.23. The van der Waals surface area contributed by atoms with Crippen molar-refractivity contribution in [3.8, 4) is 0 Å². The first-order valence-corrected chi connectivity index (χ1v) is 6.39. The minimum Gasteiger partial charge on any atom is -0.481 e. The van der Waals surface area contributed by atoms with Crippen LogP contribution in [-0.2, 0) is 21.5 Å². The Morgan fingerprint density at radius 2 is 2.11 bits per heavy atom. The minimum absolute atomic E-state index is 0.00849. The molecule has 0 unspecified atom stereocenters. The van der Waals surface area contributed by atoms with Crippen LogP contribution in [0.15, 0.2) is 11.4 Å². The minimum atomic E-state index is -0.925. The van der Waals surface area contributed by atoms with E-state index in [-0.39, 0.29) is 17.7 Å². The van der Waals surface area contributed by atoms with Crippen LogP contribution in [0.3, 0.4) is 0 Å². The van der Waals surface area contributed by atoms with Crippen molar-refractivity contribution >= 4 is 23.6 Å². The number of nitrogens with two attached hydrogens (primary N) is 1. The van der Waals surface area contributed by atoms with Gasteiger partial charge in [-0.1, -0.05) is 32.5 Å². The number of imidazole rings is 1. The molecular weight excluding hydrogens is 254 g/mol. The third-order valence-corrected chi connectivity index (χ3v) is 3.20. The van der Waals surface area contributed by atoms with Crippen molar-refractivity contribution in [2.45, 2.75) is 37.9 Å². The molecule has 1 rings (SSSR count). The van der Waals surface area contributed by atoms with Gasteiger partial charge < -0.3 is 15.4 Å². The standard InChI is InChI=1S/C11H17N3O3S/c1-11(2,3)7-4-13-10(18-6-9(16)17)14(7)5-8(12)15/h4H,5-6H2,1-3H3,(H2,12,15)(H,16,17). The van der Waals surface area contributed by atoms with Crippen LogP contribution in [0.1, 0.15) is 26.5 Å². The molecule has 0 bridgehead atoms. The van der Waals surface area contributed by atoms with Crippen LogP contribution >= 0.6 is 11.8 Å². The molecule has 0 spiro atoms. The molecule has 1 heterocycles.